The van der Waals surface area contributed by atoms with E-state index in [9.17, 15) is 18.0 Å². The van der Waals surface area contributed by atoms with Gasteiger partial charge in [0.1, 0.15) is 11.8 Å². The van der Waals surface area contributed by atoms with Crippen molar-refractivity contribution < 1.29 is 22.7 Å². The molecule has 0 aliphatic carbocycles. The number of carbonyl (C=O) groups is 2. The summed E-state index contributed by atoms with van der Waals surface area (Å²) in [6, 6.07) is 11.8. The quantitative estimate of drug-likeness (QED) is 0.723. The topological polar surface area (TPSA) is 105 Å². The highest BCUT2D eigenvalue weighted by Gasteiger charge is 2.39. The fourth-order valence-electron chi connectivity index (χ4n) is 3.30. The fourth-order valence-corrected chi connectivity index (χ4v) is 4.58. The van der Waals surface area contributed by atoms with Gasteiger partial charge in [-0.2, -0.15) is 0 Å². The number of ether oxygens (including phenoxy) is 1. The monoisotopic (exact) mass is 419 g/mol. The Morgan fingerprint density at radius 2 is 1.86 bits per heavy atom. The Balaban J connectivity index is 1.77. The van der Waals surface area contributed by atoms with E-state index in [1.54, 1.807) is 39.0 Å². The molecule has 0 saturated carbocycles. The number of hydrogen-bond acceptors (Lipinski definition) is 5. The zero-order chi connectivity index (χ0) is 21.2. The van der Waals surface area contributed by atoms with Crippen LogP contribution in [0.2, 0.25) is 0 Å². The van der Waals surface area contributed by atoms with Crippen LogP contribution in [0.4, 0.5) is 4.79 Å². The molecule has 0 radical (unpaired) electrons. The van der Waals surface area contributed by atoms with Gasteiger partial charge in [-0.1, -0.05) is 30.3 Å². The second-order valence-electron chi connectivity index (χ2n) is 8.00. The van der Waals surface area contributed by atoms with Crippen LogP contribution in [0.15, 0.2) is 47.4 Å². The molecule has 9 heteroatoms. The van der Waals surface area contributed by atoms with E-state index in [1.807, 2.05) is 24.3 Å². The molecule has 2 amide bonds. The third-order valence-electron chi connectivity index (χ3n) is 4.54. The van der Waals surface area contributed by atoms with Gasteiger partial charge in [-0.05, 0) is 43.7 Å². The number of nitrogens with one attached hydrogen (secondary N) is 2. The van der Waals surface area contributed by atoms with Crippen LogP contribution in [0.25, 0.3) is 10.8 Å². The summed E-state index contributed by atoms with van der Waals surface area (Å²) in [5.74, 6) is 0. The lowest BCUT2D eigenvalue weighted by atomic mass is 10.1. The van der Waals surface area contributed by atoms with Gasteiger partial charge in [0.05, 0.1) is 4.90 Å². The van der Waals surface area contributed by atoms with Crippen molar-refractivity contribution in [3.63, 3.8) is 0 Å². The van der Waals surface area contributed by atoms with Crippen molar-refractivity contribution in [3.8, 4) is 0 Å². The van der Waals surface area contributed by atoms with Crippen LogP contribution in [0.3, 0.4) is 0 Å². The molecule has 29 heavy (non-hydrogen) atoms. The molecule has 0 aromatic heterocycles. The Morgan fingerprint density at radius 3 is 2.52 bits per heavy atom. The number of amides is 2. The molecule has 156 valence electrons. The molecule has 1 aliphatic rings. The van der Waals surface area contributed by atoms with Crippen LogP contribution in [-0.2, 0) is 19.6 Å². The maximum Gasteiger partial charge on any atom is 0.411 e. The first-order valence-corrected chi connectivity index (χ1v) is 10.8. The molecule has 3 rings (SSSR count). The fraction of sp³-hybridized carbons (Fsp3) is 0.400. The number of likely N-dealkylation sites (tertiary alicyclic amines) is 1. The largest absolute Gasteiger partial charge is 0.444 e. The normalized spacial score (nSPS) is 19.9. The highest BCUT2D eigenvalue weighted by Crippen LogP contribution is 2.23. The third kappa shape index (κ3) is 5.04. The molecular weight excluding hydrogens is 394 g/mol. The molecule has 1 heterocycles. The van der Waals surface area contributed by atoms with Crippen molar-refractivity contribution in [2.24, 2.45) is 0 Å². The van der Waals surface area contributed by atoms with E-state index in [4.69, 9.17) is 4.74 Å². The lowest BCUT2D eigenvalue weighted by Crippen LogP contribution is -2.46. The summed E-state index contributed by atoms with van der Waals surface area (Å²) < 4.78 is 33.7. The van der Waals surface area contributed by atoms with Crippen molar-refractivity contribution in [3.05, 3.63) is 42.5 Å². The van der Waals surface area contributed by atoms with E-state index >= 15 is 0 Å². The van der Waals surface area contributed by atoms with Crippen LogP contribution in [-0.4, -0.2) is 50.2 Å². The number of hydrogen-bond donors (Lipinski definition) is 2. The van der Waals surface area contributed by atoms with Gasteiger partial charge in [0.15, 0.2) is 0 Å². The number of fused-ring (bicyclic) bond motifs is 1. The van der Waals surface area contributed by atoms with Gasteiger partial charge in [0.2, 0.25) is 16.4 Å². The van der Waals surface area contributed by atoms with Gasteiger partial charge >= 0.3 is 6.09 Å². The SMILES string of the molecule is CC(C)(C)OC(=O)N1C[C@H](NS(=O)(=O)c2ccc3ccccc3c2)C[C@H]1NC=O. The first-order chi connectivity index (χ1) is 13.6. The first kappa shape index (κ1) is 21.1. The Labute approximate surface area is 170 Å². The number of benzene rings is 2. The van der Waals surface area contributed by atoms with Crippen LogP contribution in [0.5, 0.6) is 0 Å². The van der Waals surface area contributed by atoms with E-state index in [0.29, 0.717) is 6.41 Å². The van der Waals surface area contributed by atoms with Crippen molar-refractivity contribution in [1.29, 1.82) is 0 Å². The predicted molar refractivity (Wildman–Crippen MR) is 109 cm³/mol. The Kier molecular flexibility index (Phi) is 5.81. The molecule has 1 saturated heterocycles. The molecule has 2 aromatic carbocycles. The van der Waals surface area contributed by atoms with Crippen LogP contribution in [0, 0.1) is 0 Å². The van der Waals surface area contributed by atoms with E-state index in [1.165, 1.54) is 4.90 Å². The third-order valence-corrected chi connectivity index (χ3v) is 6.06. The van der Waals surface area contributed by atoms with Gasteiger partial charge in [0.25, 0.3) is 0 Å². The van der Waals surface area contributed by atoms with Crippen molar-refractivity contribution in [1.82, 2.24) is 14.9 Å². The summed E-state index contributed by atoms with van der Waals surface area (Å²) in [7, 11) is -3.80. The minimum absolute atomic E-state index is 0.0905. The summed E-state index contributed by atoms with van der Waals surface area (Å²) >= 11 is 0. The highest BCUT2D eigenvalue weighted by molar-refractivity contribution is 7.89. The molecule has 0 spiro atoms. The molecule has 2 N–H and O–H groups in total. The van der Waals surface area contributed by atoms with E-state index in [-0.39, 0.29) is 17.9 Å². The lowest BCUT2D eigenvalue weighted by Gasteiger charge is -2.28. The van der Waals surface area contributed by atoms with E-state index in [0.717, 1.165) is 10.8 Å². The van der Waals surface area contributed by atoms with Gasteiger partial charge in [-0.25, -0.2) is 17.9 Å². The molecule has 0 unspecified atom stereocenters. The van der Waals surface area contributed by atoms with Crippen LogP contribution >= 0.6 is 0 Å². The molecule has 0 bridgehead atoms. The second kappa shape index (κ2) is 8.00. The molecular formula is C20H25N3O5S. The van der Waals surface area contributed by atoms with Crippen molar-refractivity contribution >= 4 is 33.3 Å². The molecule has 2 atom stereocenters. The standard InChI is InChI=1S/C20H25N3O5S/c1-20(2,3)28-19(25)23-12-16(11-18(23)21-13-24)22-29(26,27)17-9-8-14-6-4-5-7-15(14)10-17/h4-10,13,16,18,22H,11-12H2,1-3H3,(H,21,24)/t16-,18+/m1/s1. The van der Waals surface area contributed by atoms with E-state index in [2.05, 4.69) is 10.0 Å². The van der Waals surface area contributed by atoms with Crippen molar-refractivity contribution in [2.45, 2.75) is 49.9 Å². The molecule has 2 aromatic rings. The average Bonchev–Trinajstić information content (AvgIpc) is 3.02. The lowest BCUT2D eigenvalue weighted by molar-refractivity contribution is -0.110. The number of rotatable bonds is 5. The van der Waals surface area contributed by atoms with Gasteiger partial charge < -0.3 is 10.1 Å². The van der Waals surface area contributed by atoms with E-state index < -0.39 is 33.9 Å². The summed E-state index contributed by atoms with van der Waals surface area (Å²) in [5.41, 5.74) is -0.703. The maximum atomic E-state index is 12.9. The maximum absolute atomic E-state index is 12.9. The summed E-state index contributed by atoms with van der Waals surface area (Å²) in [6.45, 7) is 5.31. The number of carbonyl (C=O) groups excluding carboxylic acids is 2. The van der Waals surface area contributed by atoms with Crippen LogP contribution < -0.4 is 10.0 Å². The number of sulfonamides is 1. The zero-order valence-electron chi connectivity index (χ0n) is 16.6. The Bertz CT molecular complexity index is 1020. The van der Waals surface area contributed by atoms with Crippen LogP contribution in [0.1, 0.15) is 27.2 Å². The van der Waals surface area contributed by atoms with Crippen molar-refractivity contribution in [2.75, 3.05) is 6.54 Å². The Morgan fingerprint density at radius 1 is 1.17 bits per heavy atom. The predicted octanol–water partition coefficient (Wildman–Crippen LogP) is 2.20. The zero-order valence-corrected chi connectivity index (χ0v) is 17.4. The highest BCUT2D eigenvalue weighted by atomic mass is 32.2. The average molecular weight is 420 g/mol. The Hall–Kier alpha value is -2.65. The molecule has 1 aliphatic heterocycles. The smallest absolute Gasteiger partial charge is 0.411 e. The number of nitrogens with zero attached hydrogens (tertiary/aromatic N) is 1. The van der Waals surface area contributed by atoms with Gasteiger partial charge in [0, 0.05) is 19.0 Å². The van der Waals surface area contributed by atoms with Gasteiger partial charge in [-0.3, -0.25) is 9.69 Å². The minimum Gasteiger partial charge on any atom is -0.444 e. The summed E-state index contributed by atoms with van der Waals surface area (Å²) in [4.78, 5) is 24.8. The summed E-state index contributed by atoms with van der Waals surface area (Å²) in [5, 5.41) is 4.31. The summed E-state index contributed by atoms with van der Waals surface area (Å²) in [6.07, 6.45) is -0.525. The first-order valence-electron chi connectivity index (χ1n) is 9.29. The second-order valence-corrected chi connectivity index (χ2v) is 9.71. The molecule has 1 fully saturated rings. The van der Waals surface area contributed by atoms with Gasteiger partial charge in [-0.15, -0.1) is 0 Å². The minimum atomic E-state index is -3.80. The molecule has 8 nitrogen and oxygen atoms in total.